The number of ether oxygens (including phenoxy) is 1. The molecule has 0 fully saturated rings. The van der Waals surface area contributed by atoms with Gasteiger partial charge in [-0.15, -0.1) is 0 Å². The molecule has 0 saturated carbocycles. The van der Waals surface area contributed by atoms with E-state index in [2.05, 4.69) is 25.3 Å². The third-order valence-corrected chi connectivity index (χ3v) is 2.77. The first-order valence-corrected chi connectivity index (χ1v) is 7.15. The average Bonchev–Trinajstić information content (AvgIpc) is 2.74. The lowest BCUT2D eigenvalue weighted by Gasteiger charge is -2.09. The van der Waals surface area contributed by atoms with Crippen molar-refractivity contribution in [2.75, 3.05) is 11.9 Å². The van der Waals surface area contributed by atoms with E-state index in [4.69, 9.17) is 9.15 Å². The molecule has 0 atom stereocenters. The zero-order valence-corrected chi connectivity index (χ0v) is 12.7. The molecule has 7 nitrogen and oxygen atoms in total. The van der Waals surface area contributed by atoms with E-state index in [1.54, 1.807) is 6.26 Å². The van der Waals surface area contributed by atoms with Gasteiger partial charge in [-0.25, -0.2) is 4.98 Å². The Balaban J connectivity index is 2.23. The summed E-state index contributed by atoms with van der Waals surface area (Å²) in [5.41, 5.74) is 0.812. The fourth-order valence-corrected chi connectivity index (χ4v) is 2.04. The monoisotopic (exact) mass is 295 g/mol. The summed E-state index contributed by atoms with van der Waals surface area (Å²) in [5, 5.41) is 4.02. The number of hydrogen-bond acceptors (Lipinski definition) is 8. The van der Waals surface area contributed by atoms with Gasteiger partial charge >= 0.3 is 6.01 Å². The van der Waals surface area contributed by atoms with Gasteiger partial charge in [-0.2, -0.15) is 15.0 Å². The lowest BCUT2D eigenvalue weighted by Crippen LogP contribution is -2.11. The summed E-state index contributed by atoms with van der Waals surface area (Å²) < 4.78 is 10.8. The van der Waals surface area contributed by atoms with E-state index in [-0.39, 0.29) is 12.1 Å². The Bertz CT molecular complexity index is 573. The number of oxazole rings is 1. The molecule has 0 amide bonds. The summed E-state index contributed by atoms with van der Waals surface area (Å²) in [6, 6.07) is 0.289. The van der Waals surface area contributed by atoms with Gasteiger partial charge in [0.2, 0.25) is 11.1 Å². The number of nitrogens with one attached hydrogen (secondary N) is 1. The van der Waals surface area contributed by atoms with Gasteiger partial charge in [-0.1, -0.05) is 0 Å². The standard InChI is InChI=1S/C12H17N5O2S/c1-5-13-9-15-10(19-7(2)3)17-11(16-9)20-12-14-8(4)6-18-12/h6-7H,5H2,1-4H3,(H,13,15,16,17). The van der Waals surface area contributed by atoms with Crippen molar-refractivity contribution < 1.29 is 9.15 Å². The molecule has 108 valence electrons. The van der Waals surface area contributed by atoms with Gasteiger partial charge in [-0.05, 0) is 27.7 Å². The Morgan fingerprint density at radius 1 is 1.30 bits per heavy atom. The maximum Gasteiger partial charge on any atom is 0.322 e. The van der Waals surface area contributed by atoms with Gasteiger partial charge in [0.1, 0.15) is 6.26 Å². The van der Waals surface area contributed by atoms with Crippen molar-refractivity contribution in [2.45, 2.75) is 44.2 Å². The van der Waals surface area contributed by atoms with Crippen LogP contribution >= 0.6 is 11.8 Å². The first kappa shape index (κ1) is 14.6. The third kappa shape index (κ3) is 4.09. The fourth-order valence-electron chi connectivity index (χ4n) is 1.34. The van der Waals surface area contributed by atoms with E-state index in [0.717, 1.165) is 5.69 Å². The summed E-state index contributed by atoms with van der Waals surface area (Å²) in [4.78, 5) is 16.9. The zero-order valence-electron chi connectivity index (χ0n) is 11.9. The number of anilines is 1. The van der Waals surface area contributed by atoms with Crippen molar-refractivity contribution in [2.24, 2.45) is 0 Å². The van der Waals surface area contributed by atoms with E-state index >= 15 is 0 Å². The van der Waals surface area contributed by atoms with E-state index in [0.29, 0.717) is 22.9 Å². The molecule has 0 aromatic carbocycles. The fraction of sp³-hybridized carbons (Fsp3) is 0.500. The highest BCUT2D eigenvalue weighted by molar-refractivity contribution is 7.98. The molecule has 0 aliphatic heterocycles. The summed E-state index contributed by atoms with van der Waals surface area (Å²) in [6.07, 6.45) is 1.58. The first-order valence-electron chi connectivity index (χ1n) is 6.33. The van der Waals surface area contributed by atoms with Gasteiger partial charge in [0, 0.05) is 18.3 Å². The summed E-state index contributed by atoms with van der Waals surface area (Å²) in [5.74, 6) is 0.476. The van der Waals surface area contributed by atoms with E-state index in [1.165, 1.54) is 11.8 Å². The van der Waals surface area contributed by atoms with Crippen molar-refractivity contribution >= 4 is 17.7 Å². The molecule has 0 radical (unpaired) electrons. The van der Waals surface area contributed by atoms with Crippen molar-refractivity contribution in [3.8, 4) is 6.01 Å². The van der Waals surface area contributed by atoms with Crippen LogP contribution in [0.15, 0.2) is 21.1 Å². The van der Waals surface area contributed by atoms with Crippen molar-refractivity contribution in [3.63, 3.8) is 0 Å². The average molecular weight is 295 g/mol. The van der Waals surface area contributed by atoms with Crippen LogP contribution in [0.3, 0.4) is 0 Å². The topological polar surface area (TPSA) is 86.0 Å². The van der Waals surface area contributed by atoms with Crippen molar-refractivity contribution in [1.82, 2.24) is 19.9 Å². The minimum absolute atomic E-state index is 0.00583. The smallest absolute Gasteiger partial charge is 0.322 e. The highest BCUT2D eigenvalue weighted by atomic mass is 32.2. The molecule has 0 unspecified atom stereocenters. The van der Waals surface area contributed by atoms with Gasteiger partial charge < -0.3 is 14.5 Å². The molecule has 2 aromatic heterocycles. The second-order valence-corrected chi connectivity index (χ2v) is 5.20. The van der Waals surface area contributed by atoms with E-state index < -0.39 is 0 Å². The van der Waals surface area contributed by atoms with Gasteiger partial charge in [-0.3, -0.25) is 0 Å². The van der Waals surface area contributed by atoms with Crippen LogP contribution < -0.4 is 10.1 Å². The van der Waals surface area contributed by atoms with Crippen LogP contribution in [0, 0.1) is 6.92 Å². The summed E-state index contributed by atoms with van der Waals surface area (Å²) in [6.45, 7) is 8.38. The molecule has 0 bridgehead atoms. The minimum atomic E-state index is -0.00583. The molecule has 0 aliphatic carbocycles. The largest absolute Gasteiger partial charge is 0.461 e. The lowest BCUT2D eigenvalue weighted by atomic mass is 10.5. The van der Waals surface area contributed by atoms with E-state index in [9.17, 15) is 0 Å². The Labute approximate surface area is 121 Å². The molecule has 20 heavy (non-hydrogen) atoms. The van der Waals surface area contributed by atoms with Gasteiger partial charge in [0.15, 0.2) is 0 Å². The lowest BCUT2D eigenvalue weighted by molar-refractivity contribution is 0.219. The molecular formula is C12H17N5O2S. The Kier molecular flexibility index (Phi) is 4.78. The number of aromatic nitrogens is 4. The zero-order chi connectivity index (χ0) is 14.5. The van der Waals surface area contributed by atoms with Gasteiger partial charge in [0.05, 0.1) is 11.8 Å². The highest BCUT2D eigenvalue weighted by Gasteiger charge is 2.12. The van der Waals surface area contributed by atoms with E-state index in [1.807, 2.05) is 27.7 Å². The molecule has 2 heterocycles. The minimum Gasteiger partial charge on any atom is -0.461 e. The Morgan fingerprint density at radius 2 is 2.10 bits per heavy atom. The second kappa shape index (κ2) is 6.56. The van der Waals surface area contributed by atoms with Crippen LogP contribution in [-0.4, -0.2) is 32.6 Å². The molecule has 1 N–H and O–H groups in total. The Morgan fingerprint density at radius 3 is 2.70 bits per heavy atom. The SMILES string of the molecule is CCNc1nc(OC(C)C)nc(Sc2nc(C)co2)n1. The summed E-state index contributed by atoms with van der Waals surface area (Å²) >= 11 is 1.23. The molecular weight excluding hydrogens is 278 g/mol. The number of hydrogen-bond donors (Lipinski definition) is 1. The molecule has 2 aromatic rings. The molecule has 2 rings (SSSR count). The van der Waals surface area contributed by atoms with Crippen LogP contribution in [0.25, 0.3) is 0 Å². The van der Waals surface area contributed by atoms with Crippen molar-refractivity contribution in [1.29, 1.82) is 0 Å². The molecule has 0 aliphatic rings. The quantitative estimate of drug-likeness (QED) is 0.870. The predicted octanol–water partition coefficient (Wildman–Crippen LogP) is 2.54. The van der Waals surface area contributed by atoms with Crippen LogP contribution in [0.1, 0.15) is 26.5 Å². The summed E-state index contributed by atoms with van der Waals surface area (Å²) in [7, 11) is 0. The number of aryl methyl sites for hydroxylation is 1. The molecule has 0 saturated heterocycles. The van der Waals surface area contributed by atoms with Crippen LogP contribution in [-0.2, 0) is 0 Å². The number of nitrogens with zero attached hydrogens (tertiary/aromatic N) is 4. The predicted molar refractivity (Wildman–Crippen MR) is 75.1 cm³/mol. The van der Waals surface area contributed by atoms with Crippen LogP contribution in [0.2, 0.25) is 0 Å². The first-order chi connectivity index (χ1) is 9.56. The molecule has 0 spiro atoms. The normalized spacial score (nSPS) is 10.8. The van der Waals surface area contributed by atoms with Crippen LogP contribution in [0.5, 0.6) is 6.01 Å². The second-order valence-electron chi connectivity index (χ2n) is 4.28. The van der Waals surface area contributed by atoms with Crippen molar-refractivity contribution in [3.05, 3.63) is 12.0 Å². The maximum absolute atomic E-state index is 5.52. The Hall–Kier alpha value is -1.83. The number of rotatable bonds is 6. The molecule has 8 heteroatoms. The van der Waals surface area contributed by atoms with Gasteiger partial charge in [0.25, 0.3) is 5.22 Å². The highest BCUT2D eigenvalue weighted by Crippen LogP contribution is 2.25. The maximum atomic E-state index is 5.52. The third-order valence-electron chi connectivity index (χ3n) is 2.05. The van der Waals surface area contributed by atoms with Crippen LogP contribution in [0.4, 0.5) is 5.95 Å².